The molecule has 0 aromatic heterocycles. The van der Waals surface area contributed by atoms with E-state index in [9.17, 15) is 19.8 Å². The van der Waals surface area contributed by atoms with Gasteiger partial charge in [0.2, 0.25) is 11.8 Å². The van der Waals surface area contributed by atoms with Crippen LogP contribution in [0.25, 0.3) is 0 Å². The first-order chi connectivity index (χ1) is 23.9. The van der Waals surface area contributed by atoms with Gasteiger partial charge in [-0.1, -0.05) is 118 Å². The van der Waals surface area contributed by atoms with E-state index in [-0.39, 0.29) is 34.9 Å². The van der Waals surface area contributed by atoms with Gasteiger partial charge in [-0.05, 0) is 90.3 Å². The van der Waals surface area contributed by atoms with E-state index in [1.165, 1.54) is 12.8 Å². The number of methoxy groups -OCH3 is 1. The second kappa shape index (κ2) is 27.4. The topological polar surface area (TPSA) is 108 Å². The molecular weight excluding hydrogens is 665 g/mol. The zero-order chi connectivity index (χ0) is 42.3. The molecule has 0 aromatic rings. The highest BCUT2D eigenvalue weighted by Crippen LogP contribution is 2.37. The normalized spacial score (nSPS) is 19.1. The smallest absolute Gasteiger partial charge is 0.223 e. The second-order valence-corrected chi connectivity index (χ2v) is 21.3. The maximum Gasteiger partial charge on any atom is 0.223 e. The minimum atomic E-state index is -0.200. The van der Waals surface area contributed by atoms with Gasteiger partial charge in [0.1, 0.15) is 0 Å². The summed E-state index contributed by atoms with van der Waals surface area (Å²) < 4.78 is 10.4. The molecule has 0 spiro atoms. The van der Waals surface area contributed by atoms with Crippen molar-refractivity contribution in [1.29, 1.82) is 0 Å². The third-order valence-electron chi connectivity index (χ3n) is 9.63. The minimum absolute atomic E-state index is 0.00593. The molecule has 1 aliphatic carbocycles. The first-order valence-corrected chi connectivity index (χ1v) is 20.8. The predicted molar refractivity (Wildman–Crippen MR) is 227 cm³/mol. The number of rotatable bonds is 8. The highest BCUT2D eigenvalue weighted by atomic mass is 16.5. The van der Waals surface area contributed by atoms with Crippen LogP contribution in [0.4, 0.5) is 0 Å². The van der Waals surface area contributed by atoms with Crippen molar-refractivity contribution >= 4 is 11.8 Å². The van der Waals surface area contributed by atoms with Crippen molar-refractivity contribution in [2.45, 2.75) is 194 Å². The molecule has 8 heteroatoms. The largest absolute Gasteiger partial charge is 0.393 e. The summed E-state index contributed by atoms with van der Waals surface area (Å²) in [6, 6.07) is 0. The van der Waals surface area contributed by atoms with Crippen molar-refractivity contribution < 1.29 is 29.3 Å². The van der Waals surface area contributed by atoms with E-state index < -0.39 is 0 Å². The Labute approximate surface area is 330 Å². The van der Waals surface area contributed by atoms with Crippen molar-refractivity contribution in [3.8, 4) is 0 Å². The fourth-order valence-corrected chi connectivity index (χ4v) is 5.32. The number of hydrogen-bond acceptors (Lipinski definition) is 6. The van der Waals surface area contributed by atoms with Crippen molar-refractivity contribution in [2.24, 2.45) is 38.9 Å². The number of aliphatic hydroxyl groups is 2. The molecule has 1 aliphatic heterocycles. The quantitative estimate of drug-likeness (QED) is 0.213. The molecule has 1 unspecified atom stereocenters. The summed E-state index contributed by atoms with van der Waals surface area (Å²) in [5.41, 5.74) is 1.43. The fraction of sp³-hybridized carbons (Fsp3) is 0.956. The number of hydrogen-bond donors (Lipinski definition) is 3. The third kappa shape index (κ3) is 37.5. The molecule has 1 heterocycles. The van der Waals surface area contributed by atoms with E-state index >= 15 is 0 Å². The lowest BCUT2D eigenvalue weighted by Crippen LogP contribution is -2.41. The van der Waals surface area contributed by atoms with Crippen LogP contribution in [-0.4, -0.2) is 86.2 Å². The predicted octanol–water partition coefficient (Wildman–Crippen LogP) is 10.3. The summed E-state index contributed by atoms with van der Waals surface area (Å²) in [6.45, 7) is 41.1. The Morgan fingerprint density at radius 2 is 1.17 bits per heavy atom. The second-order valence-electron chi connectivity index (χ2n) is 21.3. The van der Waals surface area contributed by atoms with Gasteiger partial charge < -0.3 is 29.9 Å². The van der Waals surface area contributed by atoms with E-state index in [1.807, 2.05) is 25.7 Å². The van der Waals surface area contributed by atoms with Gasteiger partial charge in [-0.25, -0.2) is 0 Å². The van der Waals surface area contributed by atoms with E-state index in [1.54, 1.807) is 14.2 Å². The number of carbonyl (C=O) groups is 2. The highest BCUT2D eigenvalue weighted by Gasteiger charge is 2.29. The molecule has 2 amide bonds. The Bertz CT molecular complexity index is 902. The average molecular weight is 759 g/mol. The van der Waals surface area contributed by atoms with E-state index in [4.69, 9.17) is 9.47 Å². The molecule has 53 heavy (non-hydrogen) atoms. The maximum atomic E-state index is 11.8. The molecule has 1 atom stereocenters. The minimum Gasteiger partial charge on any atom is -0.393 e. The summed E-state index contributed by atoms with van der Waals surface area (Å²) in [5, 5.41) is 21.2. The zero-order valence-corrected chi connectivity index (χ0v) is 38.9. The van der Waals surface area contributed by atoms with Crippen LogP contribution >= 0.6 is 0 Å². The van der Waals surface area contributed by atoms with Crippen molar-refractivity contribution in [3.05, 3.63) is 0 Å². The number of likely N-dealkylation sites (tertiary alicyclic amines) is 1. The van der Waals surface area contributed by atoms with Gasteiger partial charge >= 0.3 is 0 Å². The maximum absolute atomic E-state index is 11.8. The van der Waals surface area contributed by atoms with Crippen LogP contribution in [0.2, 0.25) is 0 Å². The Morgan fingerprint density at radius 3 is 1.47 bits per heavy atom. The van der Waals surface area contributed by atoms with Crippen LogP contribution in [0.3, 0.4) is 0 Å². The lowest BCUT2D eigenvalue weighted by atomic mass is 9.72. The summed E-state index contributed by atoms with van der Waals surface area (Å²) >= 11 is 0. The highest BCUT2D eigenvalue weighted by molar-refractivity contribution is 5.77. The molecule has 8 nitrogen and oxygen atoms in total. The first-order valence-electron chi connectivity index (χ1n) is 20.8. The monoisotopic (exact) mass is 759 g/mol. The van der Waals surface area contributed by atoms with Crippen LogP contribution in [0.15, 0.2) is 0 Å². The van der Waals surface area contributed by atoms with Crippen molar-refractivity contribution in [2.75, 3.05) is 47.1 Å². The van der Waals surface area contributed by atoms with Crippen LogP contribution in [0, 0.1) is 38.9 Å². The Morgan fingerprint density at radius 1 is 0.717 bits per heavy atom. The number of amides is 2. The van der Waals surface area contributed by atoms with Crippen LogP contribution in [-0.2, 0) is 19.1 Å². The van der Waals surface area contributed by atoms with Crippen LogP contribution in [0.5, 0.6) is 0 Å². The first kappa shape index (κ1) is 56.1. The van der Waals surface area contributed by atoms with E-state index in [2.05, 4.69) is 102 Å². The number of nitrogens with zero attached hydrogens (tertiary/aromatic N) is 1. The Balaban J connectivity index is -0.000000597. The zero-order valence-electron chi connectivity index (χ0n) is 38.9. The number of carbonyl (C=O) groups excluding carboxylic acids is 2. The molecule has 320 valence electrons. The van der Waals surface area contributed by atoms with Gasteiger partial charge in [-0.3, -0.25) is 9.59 Å². The summed E-state index contributed by atoms with van der Waals surface area (Å²) in [4.78, 5) is 24.4. The van der Waals surface area contributed by atoms with Gasteiger partial charge in [-0.15, -0.1) is 0 Å². The summed E-state index contributed by atoms with van der Waals surface area (Å²) in [6.07, 6.45) is 9.21. The molecule has 0 radical (unpaired) electrons. The molecular formula is C45H94N2O6. The fourth-order valence-electron chi connectivity index (χ4n) is 5.32. The van der Waals surface area contributed by atoms with E-state index in [0.29, 0.717) is 35.0 Å². The lowest BCUT2D eigenvalue weighted by molar-refractivity contribution is -0.135. The molecule has 0 bridgehead atoms. The molecule has 1 saturated carbocycles. The Hall–Kier alpha value is -1.22. The average Bonchev–Trinajstić information content (AvgIpc) is 2.98. The SMILES string of the molecule is CC(C)(C)C1CCC(O)CC1.CC(C)(C)CC(=O)N1CCC(O)CC1.CCCOCCC(C)(C)C.CNC(=O)CC(C)(C)C.COCC(C)C(C)(C)C. The summed E-state index contributed by atoms with van der Waals surface area (Å²) in [5.74, 6) is 1.81. The van der Waals surface area contributed by atoms with Crippen molar-refractivity contribution in [3.63, 3.8) is 0 Å². The van der Waals surface area contributed by atoms with Gasteiger partial charge in [0.15, 0.2) is 0 Å². The Kier molecular flexibility index (Phi) is 29.0. The number of ether oxygens (including phenoxy) is 2. The van der Waals surface area contributed by atoms with E-state index in [0.717, 1.165) is 77.4 Å². The van der Waals surface area contributed by atoms with Crippen LogP contribution < -0.4 is 5.32 Å². The molecule has 1 saturated heterocycles. The van der Waals surface area contributed by atoms with Gasteiger partial charge in [0.05, 0.1) is 12.2 Å². The lowest BCUT2D eigenvalue weighted by Gasteiger charge is -2.35. The molecule has 0 aromatic carbocycles. The molecule has 2 fully saturated rings. The van der Waals surface area contributed by atoms with Gasteiger partial charge in [0.25, 0.3) is 0 Å². The molecule has 2 rings (SSSR count). The number of nitrogens with one attached hydrogen (secondary N) is 1. The van der Waals surface area contributed by atoms with Crippen molar-refractivity contribution in [1.82, 2.24) is 10.2 Å². The third-order valence-corrected chi connectivity index (χ3v) is 9.63. The van der Waals surface area contributed by atoms with Gasteiger partial charge in [0, 0.05) is 59.9 Å². The molecule has 2 aliphatic rings. The van der Waals surface area contributed by atoms with Gasteiger partial charge in [-0.2, -0.15) is 0 Å². The molecule has 3 N–H and O–H groups in total. The number of aliphatic hydroxyl groups excluding tert-OH is 2. The van der Waals surface area contributed by atoms with Crippen LogP contribution in [0.1, 0.15) is 182 Å². The number of piperidine rings is 1. The summed E-state index contributed by atoms with van der Waals surface area (Å²) in [7, 11) is 3.41. The standard InChI is InChI=1S/C11H21NO2.C10H20O.C9H20O.C8H18O.C7H15NO/c1-11(2,3)8-10(14)12-6-4-9(13)5-7-12;1-10(2,3)8-4-6-9(11)7-5-8;1-5-7-10-8-6-9(2,3)4;1-7(6-9-5)8(2,3)4;1-7(2,3)5-6(9)8-4/h9,13H,4-8H2,1-3H3;8-9,11H,4-7H2,1-3H3;5-8H2,1-4H3;7H,6H2,1-5H3;5H2,1-4H3,(H,8,9).